The molecule has 3 aromatic rings. The van der Waals surface area contributed by atoms with Gasteiger partial charge in [0.1, 0.15) is 0 Å². The van der Waals surface area contributed by atoms with E-state index < -0.39 is 21.9 Å². The Morgan fingerprint density at radius 2 is 1.52 bits per heavy atom. The number of anilines is 2. The van der Waals surface area contributed by atoms with Crippen LogP contribution in [-0.4, -0.2) is 33.7 Å². The second-order valence-electron chi connectivity index (χ2n) is 7.70. The van der Waals surface area contributed by atoms with Crippen LogP contribution in [-0.2, 0) is 21.3 Å². The number of esters is 1. The molecule has 0 saturated heterocycles. The molecule has 33 heavy (non-hydrogen) atoms. The molecule has 1 N–H and O–H groups in total. The summed E-state index contributed by atoms with van der Waals surface area (Å²) in [7, 11) is -2.26. The number of carbonyl (C=O) groups excluding carboxylic acids is 2. The summed E-state index contributed by atoms with van der Waals surface area (Å²) in [6.07, 6.45) is 1.18. The maximum atomic E-state index is 12.7. The highest BCUT2D eigenvalue weighted by molar-refractivity contribution is 7.92. The first-order valence-electron chi connectivity index (χ1n) is 10.2. The average Bonchev–Trinajstić information content (AvgIpc) is 2.78. The fraction of sp³-hybridized carbons (Fsp3) is 0.200. The number of benzene rings is 3. The van der Waals surface area contributed by atoms with E-state index in [1.54, 1.807) is 48.5 Å². The van der Waals surface area contributed by atoms with E-state index in [0.29, 0.717) is 16.9 Å². The van der Waals surface area contributed by atoms with E-state index in [1.165, 1.54) is 17.7 Å². The van der Waals surface area contributed by atoms with Gasteiger partial charge in [0.2, 0.25) is 10.0 Å². The third kappa shape index (κ3) is 5.59. The lowest BCUT2D eigenvalue weighted by molar-refractivity contribution is 0.0602. The molecule has 0 radical (unpaired) electrons. The van der Waals surface area contributed by atoms with Crippen molar-refractivity contribution in [2.75, 3.05) is 23.0 Å². The lowest BCUT2D eigenvalue weighted by Gasteiger charge is -2.26. The quantitative estimate of drug-likeness (QED) is 0.524. The van der Waals surface area contributed by atoms with Gasteiger partial charge in [-0.2, -0.15) is 0 Å². The number of rotatable bonds is 7. The molecule has 3 aromatic carbocycles. The van der Waals surface area contributed by atoms with Crippen molar-refractivity contribution in [2.45, 2.75) is 20.4 Å². The van der Waals surface area contributed by atoms with Crippen LogP contribution < -0.4 is 9.62 Å². The molecule has 0 aliphatic carbocycles. The van der Waals surface area contributed by atoms with Crippen LogP contribution in [0.2, 0.25) is 0 Å². The molecular weight excluding hydrogens is 440 g/mol. The Bertz CT molecular complexity index is 1260. The summed E-state index contributed by atoms with van der Waals surface area (Å²) in [5.74, 6) is -0.943. The van der Waals surface area contributed by atoms with Gasteiger partial charge in [0.05, 0.1) is 36.8 Å². The Morgan fingerprint density at radius 3 is 2.09 bits per heavy atom. The van der Waals surface area contributed by atoms with Gasteiger partial charge in [-0.3, -0.25) is 9.10 Å². The summed E-state index contributed by atoms with van der Waals surface area (Å²) in [5.41, 5.74) is 4.08. The Balaban J connectivity index is 1.83. The van der Waals surface area contributed by atoms with Crippen molar-refractivity contribution in [1.29, 1.82) is 0 Å². The Kier molecular flexibility index (Phi) is 7.18. The number of para-hydroxylation sites is 2. The number of methoxy groups -OCH3 is 1. The molecule has 0 unspecified atom stereocenters. The third-order valence-corrected chi connectivity index (χ3v) is 6.32. The van der Waals surface area contributed by atoms with E-state index in [0.717, 1.165) is 16.7 Å². The molecule has 1 amide bonds. The Hall–Kier alpha value is -3.65. The SMILES string of the molecule is COC(=O)c1ccccc1NC(=O)c1ccc(CN(c2c(C)cccc2C)S(C)(=O)=O)cc1. The fourth-order valence-corrected chi connectivity index (χ4v) is 4.57. The predicted octanol–water partition coefficient (Wildman–Crippen LogP) is 4.31. The zero-order valence-corrected chi connectivity index (χ0v) is 19.8. The molecule has 0 saturated carbocycles. The van der Waals surface area contributed by atoms with Crippen LogP contribution in [0.5, 0.6) is 0 Å². The largest absolute Gasteiger partial charge is 0.465 e. The summed E-state index contributed by atoms with van der Waals surface area (Å²) < 4.78 is 31.2. The monoisotopic (exact) mass is 466 g/mol. The molecular formula is C25H26N2O5S. The second kappa shape index (κ2) is 9.87. The number of hydrogen-bond donors (Lipinski definition) is 1. The molecule has 0 atom stereocenters. The van der Waals surface area contributed by atoms with E-state index in [-0.39, 0.29) is 12.1 Å². The highest BCUT2D eigenvalue weighted by Crippen LogP contribution is 2.28. The van der Waals surface area contributed by atoms with Crippen molar-refractivity contribution in [3.8, 4) is 0 Å². The van der Waals surface area contributed by atoms with E-state index in [1.807, 2.05) is 32.0 Å². The number of amides is 1. The zero-order valence-electron chi connectivity index (χ0n) is 19.0. The molecule has 0 aromatic heterocycles. The van der Waals surface area contributed by atoms with Crippen molar-refractivity contribution in [3.63, 3.8) is 0 Å². The van der Waals surface area contributed by atoms with E-state index in [4.69, 9.17) is 4.74 Å². The van der Waals surface area contributed by atoms with Crippen LogP contribution >= 0.6 is 0 Å². The average molecular weight is 467 g/mol. The van der Waals surface area contributed by atoms with Crippen molar-refractivity contribution in [1.82, 2.24) is 0 Å². The standard InChI is InChI=1S/C25H26N2O5S/c1-17-8-7-9-18(2)23(17)27(33(4,30)31)16-19-12-14-20(15-13-19)24(28)26-22-11-6-5-10-21(22)25(29)32-3/h5-15H,16H2,1-4H3,(H,26,28). The fourth-order valence-electron chi connectivity index (χ4n) is 3.56. The molecule has 0 bridgehead atoms. The molecule has 7 nitrogen and oxygen atoms in total. The van der Waals surface area contributed by atoms with Gasteiger partial charge in [-0.25, -0.2) is 13.2 Å². The van der Waals surface area contributed by atoms with Gasteiger partial charge < -0.3 is 10.1 Å². The van der Waals surface area contributed by atoms with Gasteiger partial charge >= 0.3 is 5.97 Å². The van der Waals surface area contributed by atoms with Crippen LogP contribution in [0.25, 0.3) is 0 Å². The third-order valence-electron chi connectivity index (χ3n) is 5.21. The van der Waals surface area contributed by atoms with Crippen LogP contribution in [0.1, 0.15) is 37.4 Å². The van der Waals surface area contributed by atoms with E-state index >= 15 is 0 Å². The van der Waals surface area contributed by atoms with E-state index in [9.17, 15) is 18.0 Å². The predicted molar refractivity (Wildman–Crippen MR) is 129 cm³/mol. The number of sulfonamides is 1. The number of ether oxygens (including phenoxy) is 1. The summed E-state index contributed by atoms with van der Waals surface area (Å²) in [4.78, 5) is 24.6. The summed E-state index contributed by atoms with van der Waals surface area (Å²) in [6.45, 7) is 3.89. The topological polar surface area (TPSA) is 92.8 Å². The van der Waals surface area contributed by atoms with Gasteiger partial charge in [-0.05, 0) is 54.8 Å². The smallest absolute Gasteiger partial charge is 0.339 e. The van der Waals surface area contributed by atoms with Gasteiger partial charge in [0.15, 0.2) is 0 Å². The maximum Gasteiger partial charge on any atom is 0.339 e. The van der Waals surface area contributed by atoms with E-state index in [2.05, 4.69) is 5.32 Å². The second-order valence-corrected chi connectivity index (χ2v) is 9.61. The first-order chi connectivity index (χ1) is 15.6. The Labute approximate surface area is 194 Å². The van der Waals surface area contributed by atoms with Gasteiger partial charge in [0, 0.05) is 5.56 Å². The van der Waals surface area contributed by atoms with Crippen LogP contribution in [0.15, 0.2) is 66.7 Å². The molecule has 8 heteroatoms. The van der Waals surface area contributed by atoms with Crippen molar-refractivity contribution in [3.05, 3.63) is 94.5 Å². The molecule has 0 spiro atoms. The maximum absolute atomic E-state index is 12.7. The van der Waals surface area contributed by atoms with Crippen molar-refractivity contribution < 1.29 is 22.7 Å². The minimum Gasteiger partial charge on any atom is -0.465 e. The van der Waals surface area contributed by atoms with Gasteiger partial charge in [-0.15, -0.1) is 0 Å². The first-order valence-corrected chi connectivity index (χ1v) is 12.1. The molecule has 0 aliphatic rings. The molecule has 0 heterocycles. The van der Waals surface area contributed by atoms with Gasteiger partial charge in [0.25, 0.3) is 5.91 Å². The molecule has 0 aliphatic heterocycles. The van der Waals surface area contributed by atoms with Crippen molar-refractivity contribution >= 4 is 33.3 Å². The highest BCUT2D eigenvalue weighted by Gasteiger charge is 2.22. The normalized spacial score (nSPS) is 11.0. The van der Waals surface area contributed by atoms with Gasteiger partial charge in [-0.1, -0.05) is 42.5 Å². The molecule has 0 fully saturated rings. The number of nitrogens with one attached hydrogen (secondary N) is 1. The summed E-state index contributed by atoms with van der Waals surface area (Å²) in [6, 6.07) is 18.9. The first kappa shape index (κ1) is 24.0. The Morgan fingerprint density at radius 1 is 0.909 bits per heavy atom. The minimum absolute atomic E-state index is 0.137. The van der Waals surface area contributed by atoms with Crippen LogP contribution in [0.3, 0.4) is 0 Å². The number of nitrogens with zero attached hydrogens (tertiary/aromatic N) is 1. The number of hydrogen-bond acceptors (Lipinski definition) is 5. The van der Waals surface area contributed by atoms with Crippen molar-refractivity contribution in [2.24, 2.45) is 0 Å². The molecule has 172 valence electrons. The number of aryl methyl sites for hydroxylation is 2. The minimum atomic E-state index is -3.53. The van der Waals surface area contributed by atoms with Crippen LogP contribution in [0.4, 0.5) is 11.4 Å². The highest BCUT2D eigenvalue weighted by atomic mass is 32.2. The lowest BCUT2D eigenvalue weighted by atomic mass is 10.1. The molecule has 3 rings (SSSR count). The summed E-state index contributed by atoms with van der Waals surface area (Å²) in [5, 5.41) is 2.72. The summed E-state index contributed by atoms with van der Waals surface area (Å²) >= 11 is 0. The van der Waals surface area contributed by atoms with Crippen LogP contribution in [0, 0.1) is 13.8 Å². The lowest BCUT2D eigenvalue weighted by Crippen LogP contribution is -2.30. The zero-order chi connectivity index (χ0) is 24.2. The number of carbonyl (C=O) groups is 2.